The van der Waals surface area contributed by atoms with Crippen LogP contribution in [-0.2, 0) is 14.4 Å². The number of nitrogens with zero attached hydrogens (tertiary/aromatic N) is 1. The molecule has 0 aromatic heterocycles. The molecule has 6 nitrogen and oxygen atoms in total. The summed E-state index contributed by atoms with van der Waals surface area (Å²) in [6, 6.07) is 14.5. The Labute approximate surface area is 169 Å². The van der Waals surface area contributed by atoms with Crippen molar-refractivity contribution in [3.05, 3.63) is 65.9 Å². The fraction of sp³-hybridized carbons (Fsp3) is 0.261. The normalized spacial score (nSPS) is 17.4. The molecule has 2 aromatic carbocycles. The highest BCUT2D eigenvalue weighted by Gasteiger charge is 2.30. The van der Waals surface area contributed by atoms with Gasteiger partial charge in [-0.3, -0.25) is 14.4 Å². The Balaban J connectivity index is 1.46. The second-order valence-corrected chi connectivity index (χ2v) is 7.48. The van der Waals surface area contributed by atoms with Gasteiger partial charge in [-0.25, -0.2) is 0 Å². The zero-order valence-electron chi connectivity index (χ0n) is 16.2. The van der Waals surface area contributed by atoms with Crippen molar-refractivity contribution in [2.24, 2.45) is 5.92 Å². The molecule has 1 atom stereocenters. The Morgan fingerprint density at radius 2 is 1.72 bits per heavy atom. The zero-order chi connectivity index (χ0) is 20.4. The van der Waals surface area contributed by atoms with E-state index in [1.54, 1.807) is 35.4 Å². The number of hydrogen-bond acceptors (Lipinski definition) is 3. The van der Waals surface area contributed by atoms with Crippen LogP contribution in [0.4, 0.5) is 11.4 Å². The van der Waals surface area contributed by atoms with E-state index >= 15 is 0 Å². The summed E-state index contributed by atoms with van der Waals surface area (Å²) >= 11 is 0. The maximum absolute atomic E-state index is 12.7. The molecular weight excluding hydrogens is 366 g/mol. The first-order valence-corrected chi connectivity index (χ1v) is 9.78. The lowest BCUT2D eigenvalue weighted by molar-refractivity contribution is -0.129. The van der Waals surface area contributed by atoms with Gasteiger partial charge in [0, 0.05) is 30.4 Å². The lowest BCUT2D eigenvalue weighted by Gasteiger charge is -2.32. The Hall–Kier alpha value is -3.41. The van der Waals surface area contributed by atoms with Crippen LogP contribution in [0.5, 0.6) is 0 Å². The Morgan fingerprint density at radius 3 is 2.45 bits per heavy atom. The van der Waals surface area contributed by atoms with E-state index in [1.165, 1.54) is 6.92 Å². The SMILES string of the molecule is CC(=O)N1C=Cc2ccccc2C1CC(=O)Nc1cccc(NC(=O)C2CC2)c1. The maximum Gasteiger partial charge on any atom is 0.227 e. The minimum Gasteiger partial charge on any atom is -0.326 e. The second kappa shape index (κ2) is 7.91. The fourth-order valence-corrected chi connectivity index (χ4v) is 3.57. The van der Waals surface area contributed by atoms with Gasteiger partial charge in [0.1, 0.15) is 0 Å². The molecule has 1 unspecified atom stereocenters. The van der Waals surface area contributed by atoms with Gasteiger partial charge in [0.2, 0.25) is 17.7 Å². The van der Waals surface area contributed by atoms with Crippen LogP contribution in [0.3, 0.4) is 0 Å². The van der Waals surface area contributed by atoms with Crippen LogP contribution in [0.1, 0.15) is 43.4 Å². The molecule has 0 spiro atoms. The van der Waals surface area contributed by atoms with E-state index in [1.807, 2.05) is 30.3 Å². The van der Waals surface area contributed by atoms with Gasteiger partial charge in [-0.05, 0) is 48.2 Å². The molecule has 3 amide bonds. The summed E-state index contributed by atoms with van der Waals surface area (Å²) in [7, 11) is 0. The van der Waals surface area contributed by atoms with Crippen LogP contribution >= 0.6 is 0 Å². The molecule has 0 saturated heterocycles. The third-order valence-electron chi connectivity index (χ3n) is 5.21. The predicted molar refractivity (Wildman–Crippen MR) is 112 cm³/mol. The van der Waals surface area contributed by atoms with Crippen molar-refractivity contribution in [3.63, 3.8) is 0 Å². The van der Waals surface area contributed by atoms with Crippen LogP contribution in [0, 0.1) is 5.92 Å². The van der Waals surface area contributed by atoms with E-state index in [-0.39, 0.29) is 36.1 Å². The van der Waals surface area contributed by atoms with Gasteiger partial charge in [-0.15, -0.1) is 0 Å². The third kappa shape index (κ3) is 4.37. The largest absolute Gasteiger partial charge is 0.326 e. The molecule has 2 aromatic rings. The summed E-state index contributed by atoms with van der Waals surface area (Å²) in [5, 5.41) is 5.77. The first-order chi connectivity index (χ1) is 14.0. The number of benzene rings is 2. The third-order valence-corrected chi connectivity index (χ3v) is 5.21. The van der Waals surface area contributed by atoms with E-state index in [9.17, 15) is 14.4 Å². The summed E-state index contributed by atoms with van der Waals surface area (Å²) < 4.78 is 0. The van der Waals surface area contributed by atoms with Crippen molar-refractivity contribution in [2.45, 2.75) is 32.2 Å². The highest BCUT2D eigenvalue weighted by atomic mass is 16.2. The minimum atomic E-state index is -0.355. The monoisotopic (exact) mass is 389 g/mol. The van der Waals surface area contributed by atoms with Crippen LogP contribution in [0.15, 0.2) is 54.7 Å². The van der Waals surface area contributed by atoms with Crippen molar-refractivity contribution in [1.82, 2.24) is 4.90 Å². The average molecular weight is 389 g/mol. The lowest BCUT2D eigenvalue weighted by Crippen LogP contribution is -2.33. The van der Waals surface area contributed by atoms with E-state index in [2.05, 4.69) is 10.6 Å². The van der Waals surface area contributed by atoms with Crippen molar-refractivity contribution in [2.75, 3.05) is 10.6 Å². The van der Waals surface area contributed by atoms with Crippen LogP contribution < -0.4 is 10.6 Å². The van der Waals surface area contributed by atoms with Gasteiger partial charge in [-0.2, -0.15) is 0 Å². The molecule has 0 radical (unpaired) electrons. The number of hydrogen-bond donors (Lipinski definition) is 2. The van der Waals surface area contributed by atoms with Gasteiger partial charge in [0.05, 0.1) is 12.5 Å². The number of fused-ring (bicyclic) bond motifs is 1. The predicted octanol–water partition coefficient (Wildman–Crippen LogP) is 3.94. The molecule has 0 bridgehead atoms. The van der Waals surface area contributed by atoms with E-state index < -0.39 is 0 Å². The van der Waals surface area contributed by atoms with E-state index in [4.69, 9.17) is 0 Å². The van der Waals surface area contributed by atoms with Crippen LogP contribution in [-0.4, -0.2) is 22.6 Å². The molecule has 1 aliphatic carbocycles. The molecule has 4 rings (SSSR count). The smallest absolute Gasteiger partial charge is 0.227 e. The topological polar surface area (TPSA) is 78.5 Å². The molecule has 1 aliphatic heterocycles. The van der Waals surface area contributed by atoms with E-state index in [0.29, 0.717) is 11.4 Å². The van der Waals surface area contributed by atoms with Crippen molar-refractivity contribution < 1.29 is 14.4 Å². The standard InChI is InChI=1S/C23H23N3O3/c1-15(27)26-12-11-16-5-2-3-8-20(16)21(26)14-22(28)24-18-6-4-7-19(13-18)25-23(29)17-9-10-17/h2-8,11-13,17,21H,9-10,14H2,1H3,(H,24,28)(H,25,29). The van der Waals surface area contributed by atoms with Crippen molar-refractivity contribution in [3.8, 4) is 0 Å². The Bertz CT molecular complexity index is 994. The van der Waals surface area contributed by atoms with Gasteiger partial charge < -0.3 is 15.5 Å². The number of anilines is 2. The average Bonchev–Trinajstić information content (AvgIpc) is 3.53. The molecule has 2 aliphatic rings. The molecular formula is C23H23N3O3. The van der Waals surface area contributed by atoms with Crippen molar-refractivity contribution in [1.29, 1.82) is 0 Å². The first-order valence-electron chi connectivity index (χ1n) is 9.78. The fourth-order valence-electron chi connectivity index (χ4n) is 3.57. The minimum absolute atomic E-state index is 0.0242. The van der Waals surface area contributed by atoms with Crippen LogP contribution in [0.25, 0.3) is 6.08 Å². The molecule has 148 valence electrons. The Morgan fingerprint density at radius 1 is 1.00 bits per heavy atom. The number of carbonyl (C=O) groups excluding carboxylic acids is 3. The quantitative estimate of drug-likeness (QED) is 0.813. The highest BCUT2D eigenvalue weighted by molar-refractivity contribution is 5.96. The summed E-state index contributed by atoms with van der Waals surface area (Å²) in [5.41, 5.74) is 3.23. The maximum atomic E-state index is 12.7. The molecule has 2 N–H and O–H groups in total. The first kappa shape index (κ1) is 18.9. The number of carbonyl (C=O) groups is 3. The Kier molecular flexibility index (Phi) is 5.16. The summed E-state index contributed by atoms with van der Waals surface area (Å²) in [6.45, 7) is 1.50. The van der Waals surface area contributed by atoms with Gasteiger partial charge in [-0.1, -0.05) is 30.3 Å². The summed E-state index contributed by atoms with van der Waals surface area (Å²) in [4.78, 5) is 38.4. The number of amides is 3. The summed E-state index contributed by atoms with van der Waals surface area (Å²) in [6.07, 6.45) is 5.63. The number of nitrogens with one attached hydrogen (secondary N) is 2. The van der Waals surface area contributed by atoms with Gasteiger partial charge in [0.15, 0.2) is 0 Å². The summed E-state index contributed by atoms with van der Waals surface area (Å²) in [5.74, 6) is -0.170. The molecule has 1 heterocycles. The number of rotatable bonds is 5. The molecule has 29 heavy (non-hydrogen) atoms. The molecule has 1 saturated carbocycles. The molecule has 6 heteroatoms. The van der Waals surface area contributed by atoms with Gasteiger partial charge >= 0.3 is 0 Å². The van der Waals surface area contributed by atoms with Crippen molar-refractivity contribution >= 4 is 35.2 Å². The van der Waals surface area contributed by atoms with Crippen LogP contribution in [0.2, 0.25) is 0 Å². The highest BCUT2D eigenvalue weighted by Crippen LogP contribution is 2.33. The van der Waals surface area contributed by atoms with E-state index in [0.717, 1.165) is 24.0 Å². The molecule has 1 fully saturated rings. The lowest BCUT2D eigenvalue weighted by atomic mass is 9.93. The zero-order valence-corrected chi connectivity index (χ0v) is 16.2. The van der Waals surface area contributed by atoms with Gasteiger partial charge in [0.25, 0.3) is 0 Å². The second-order valence-electron chi connectivity index (χ2n) is 7.48.